The van der Waals surface area contributed by atoms with Gasteiger partial charge in [-0.1, -0.05) is 5.16 Å². The third-order valence-electron chi connectivity index (χ3n) is 3.83. The number of aryl methyl sites for hydroxylation is 2. The minimum Gasteiger partial charge on any atom is -0.365 e. The topological polar surface area (TPSA) is 95.5 Å². The zero-order valence-corrected chi connectivity index (χ0v) is 14.0. The Morgan fingerprint density at radius 2 is 2.29 bits per heavy atom. The number of ether oxygens (including phenoxy) is 2. The Labute approximate surface area is 139 Å². The Balaban J connectivity index is 1.54. The molecule has 1 aliphatic rings. The van der Waals surface area contributed by atoms with Crippen LogP contribution in [-0.4, -0.2) is 56.5 Å². The van der Waals surface area contributed by atoms with Crippen molar-refractivity contribution in [2.45, 2.75) is 32.7 Å². The fourth-order valence-electron chi connectivity index (χ4n) is 2.61. The van der Waals surface area contributed by atoms with Crippen molar-refractivity contribution >= 4 is 5.91 Å². The Morgan fingerprint density at radius 1 is 1.46 bits per heavy atom. The molecule has 24 heavy (non-hydrogen) atoms. The van der Waals surface area contributed by atoms with Crippen LogP contribution in [0.2, 0.25) is 0 Å². The lowest BCUT2D eigenvalue weighted by atomic mass is 10.2. The van der Waals surface area contributed by atoms with E-state index in [1.807, 2.05) is 20.0 Å². The van der Waals surface area contributed by atoms with E-state index in [2.05, 4.69) is 15.2 Å². The maximum Gasteiger partial charge on any atom is 0.257 e. The first-order valence-corrected chi connectivity index (χ1v) is 7.81. The molecule has 0 spiro atoms. The minimum atomic E-state index is -0.407. The van der Waals surface area contributed by atoms with Gasteiger partial charge < -0.3 is 18.9 Å². The fourth-order valence-corrected chi connectivity index (χ4v) is 2.61. The lowest BCUT2D eigenvalue weighted by Crippen LogP contribution is -2.47. The summed E-state index contributed by atoms with van der Waals surface area (Å²) < 4.78 is 18.2. The molecular weight excluding hydrogens is 314 g/mol. The Kier molecular flexibility index (Phi) is 4.91. The molecule has 2 aromatic rings. The molecule has 1 amide bonds. The zero-order valence-electron chi connectivity index (χ0n) is 14.0. The number of morpholine rings is 1. The summed E-state index contributed by atoms with van der Waals surface area (Å²) in [5.74, 6) is 0.852. The molecule has 3 rings (SSSR count). The smallest absolute Gasteiger partial charge is 0.257 e. The predicted octanol–water partition coefficient (Wildman–Crippen LogP) is 0.617. The summed E-state index contributed by atoms with van der Waals surface area (Å²) in [4.78, 5) is 18.3. The molecule has 0 aliphatic carbocycles. The number of carbonyl (C=O) groups excluding carboxylic acids is 1. The van der Waals surface area contributed by atoms with E-state index >= 15 is 0 Å². The zero-order chi connectivity index (χ0) is 17.1. The average Bonchev–Trinajstić information content (AvgIpc) is 3.15. The van der Waals surface area contributed by atoms with Crippen molar-refractivity contribution < 1.29 is 18.8 Å². The molecule has 1 saturated heterocycles. The number of carbonyl (C=O) groups is 1. The summed E-state index contributed by atoms with van der Waals surface area (Å²) in [6.45, 7) is 4.89. The summed E-state index contributed by atoms with van der Waals surface area (Å²) in [5, 5.41) is 7.83. The van der Waals surface area contributed by atoms with Crippen LogP contribution in [0.25, 0.3) is 0 Å². The standard InChI is InChI=1S/C15H21N5O4/c1-10-6-20(7-13(23-10)15-17-11(2)18-24-15)14(21)9-22-8-12-4-5-16-19(12)3/h4-5,10,13H,6-9H2,1-3H3/t10-,13-/m1/s1. The summed E-state index contributed by atoms with van der Waals surface area (Å²) in [7, 11) is 1.83. The largest absolute Gasteiger partial charge is 0.365 e. The van der Waals surface area contributed by atoms with Crippen molar-refractivity contribution in [1.82, 2.24) is 24.8 Å². The molecule has 9 nitrogen and oxygen atoms in total. The van der Waals surface area contributed by atoms with Gasteiger partial charge in [0.2, 0.25) is 5.91 Å². The number of amides is 1. The number of rotatable bonds is 5. The molecule has 0 unspecified atom stereocenters. The van der Waals surface area contributed by atoms with Crippen LogP contribution < -0.4 is 0 Å². The van der Waals surface area contributed by atoms with E-state index in [-0.39, 0.29) is 18.6 Å². The first kappa shape index (κ1) is 16.6. The molecule has 0 radical (unpaired) electrons. The molecule has 1 fully saturated rings. The van der Waals surface area contributed by atoms with Crippen LogP contribution in [0.15, 0.2) is 16.8 Å². The third kappa shape index (κ3) is 3.80. The third-order valence-corrected chi connectivity index (χ3v) is 3.83. The van der Waals surface area contributed by atoms with Gasteiger partial charge in [-0.25, -0.2) is 0 Å². The molecule has 1 aliphatic heterocycles. The number of aromatic nitrogens is 4. The van der Waals surface area contributed by atoms with Crippen LogP contribution >= 0.6 is 0 Å². The first-order chi connectivity index (χ1) is 11.5. The highest BCUT2D eigenvalue weighted by atomic mass is 16.5. The van der Waals surface area contributed by atoms with Crippen molar-refractivity contribution in [1.29, 1.82) is 0 Å². The summed E-state index contributed by atoms with van der Waals surface area (Å²) in [5.41, 5.74) is 0.914. The van der Waals surface area contributed by atoms with Gasteiger partial charge in [-0.05, 0) is 19.9 Å². The molecule has 130 valence electrons. The molecule has 0 saturated carbocycles. The van der Waals surface area contributed by atoms with Gasteiger partial charge in [0.15, 0.2) is 11.9 Å². The quantitative estimate of drug-likeness (QED) is 0.790. The molecule has 0 bridgehead atoms. The van der Waals surface area contributed by atoms with E-state index in [1.165, 1.54) is 0 Å². The van der Waals surface area contributed by atoms with E-state index in [1.54, 1.807) is 22.7 Å². The first-order valence-electron chi connectivity index (χ1n) is 7.81. The van der Waals surface area contributed by atoms with Crippen molar-refractivity contribution in [2.75, 3.05) is 19.7 Å². The van der Waals surface area contributed by atoms with Crippen molar-refractivity contribution in [3.8, 4) is 0 Å². The molecule has 2 aromatic heterocycles. The number of hydrogen-bond acceptors (Lipinski definition) is 7. The number of hydrogen-bond donors (Lipinski definition) is 0. The second kappa shape index (κ2) is 7.10. The van der Waals surface area contributed by atoms with Crippen LogP contribution in [0.3, 0.4) is 0 Å². The molecule has 2 atom stereocenters. The SMILES string of the molecule is Cc1noc([C@H]2CN(C(=O)COCc3ccnn3C)C[C@@H](C)O2)n1. The lowest BCUT2D eigenvalue weighted by Gasteiger charge is -2.35. The van der Waals surface area contributed by atoms with E-state index < -0.39 is 6.10 Å². The lowest BCUT2D eigenvalue weighted by molar-refractivity contribution is -0.151. The van der Waals surface area contributed by atoms with Gasteiger partial charge in [-0.2, -0.15) is 10.1 Å². The fraction of sp³-hybridized carbons (Fsp3) is 0.600. The van der Waals surface area contributed by atoms with Crippen LogP contribution in [0.4, 0.5) is 0 Å². The highest BCUT2D eigenvalue weighted by molar-refractivity contribution is 5.77. The predicted molar refractivity (Wildman–Crippen MR) is 81.8 cm³/mol. The average molecular weight is 335 g/mol. The normalized spacial score (nSPS) is 21.2. The second-order valence-electron chi connectivity index (χ2n) is 5.85. The molecular formula is C15H21N5O4. The Hall–Kier alpha value is -2.26. The molecule has 9 heteroatoms. The maximum absolute atomic E-state index is 12.4. The second-order valence-corrected chi connectivity index (χ2v) is 5.85. The Bertz CT molecular complexity index is 698. The van der Waals surface area contributed by atoms with Gasteiger partial charge in [0.25, 0.3) is 5.89 Å². The highest BCUT2D eigenvalue weighted by Crippen LogP contribution is 2.24. The van der Waals surface area contributed by atoms with Crippen LogP contribution in [0.1, 0.15) is 30.4 Å². The van der Waals surface area contributed by atoms with Gasteiger partial charge in [0, 0.05) is 19.8 Å². The van der Waals surface area contributed by atoms with Gasteiger partial charge in [0.05, 0.1) is 24.9 Å². The molecule has 0 aromatic carbocycles. The monoisotopic (exact) mass is 335 g/mol. The van der Waals surface area contributed by atoms with Gasteiger partial charge in [-0.3, -0.25) is 9.48 Å². The summed E-state index contributed by atoms with van der Waals surface area (Å²) in [6.07, 6.45) is 1.18. The summed E-state index contributed by atoms with van der Waals surface area (Å²) >= 11 is 0. The van der Waals surface area contributed by atoms with E-state index in [4.69, 9.17) is 14.0 Å². The van der Waals surface area contributed by atoms with Gasteiger partial charge >= 0.3 is 0 Å². The van der Waals surface area contributed by atoms with Crippen molar-refractivity contribution in [3.05, 3.63) is 29.7 Å². The van der Waals surface area contributed by atoms with Gasteiger partial charge in [0.1, 0.15) is 6.61 Å². The van der Waals surface area contributed by atoms with E-state index in [0.29, 0.717) is 31.4 Å². The number of nitrogens with zero attached hydrogens (tertiary/aromatic N) is 5. The van der Waals surface area contributed by atoms with E-state index in [0.717, 1.165) is 5.69 Å². The Morgan fingerprint density at radius 3 is 2.96 bits per heavy atom. The molecule has 3 heterocycles. The minimum absolute atomic E-state index is 0.00742. The maximum atomic E-state index is 12.4. The summed E-state index contributed by atoms with van der Waals surface area (Å²) in [6, 6.07) is 1.86. The highest BCUT2D eigenvalue weighted by Gasteiger charge is 2.32. The van der Waals surface area contributed by atoms with Crippen molar-refractivity contribution in [2.24, 2.45) is 7.05 Å². The van der Waals surface area contributed by atoms with Crippen LogP contribution in [-0.2, 0) is 27.9 Å². The van der Waals surface area contributed by atoms with E-state index in [9.17, 15) is 4.79 Å². The van der Waals surface area contributed by atoms with Crippen LogP contribution in [0.5, 0.6) is 0 Å². The van der Waals surface area contributed by atoms with Crippen molar-refractivity contribution in [3.63, 3.8) is 0 Å². The van der Waals surface area contributed by atoms with Gasteiger partial charge in [-0.15, -0.1) is 0 Å². The van der Waals surface area contributed by atoms with Crippen LogP contribution in [0, 0.1) is 6.92 Å². The molecule has 0 N–H and O–H groups in total.